The molecule has 0 aliphatic rings. The molecule has 2 nitrogen and oxygen atoms in total. The van der Waals surface area contributed by atoms with Gasteiger partial charge in [0.15, 0.2) is 5.82 Å². The lowest BCUT2D eigenvalue weighted by Crippen LogP contribution is -1.94. The lowest BCUT2D eigenvalue weighted by Gasteiger charge is -2.09. The smallest absolute Gasteiger partial charge is 0.161 e. The number of benzene rings is 2. The van der Waals surface area contributed by atoms with Crippen LogP contribution < -0.4 is 0 Å². The van der Waals surface area contributed by atoms with Crippen LogP contribution in [0.5, 0.6) is 0 Å². The van der Waals surface area contributed by atoms with Crippen molar-refractivity contribution in [3.05, 3.63) is 57.2 Å². The zero-order chi connectivity index (χ0) is 14.3. The third-order valence-electron chi connectivity index (χ3n) is 3.14. The summed E-state index contributed by atoms with van der Waals surface area (Å²) >= 11 is 18.6. The minimum atomic E-state index is 0.381. The van der Waals surface area contributed by atoms with Crippen LogP contribution in [0.15, 0.2) is 36.4 Å². The molecule has 0 unspecified atom stereocenters. The summed E-state index contributed by atoms with van der Waals surface area (Å²) in [4.78, 5) is 8.87. The van der Waals surface area contributed by atoms with E-state index in [1.165, 1.54) is 0 Å². The largest absolute Gasteiger partial charge is 0.226 e. The summed E-state index contributed by atoms with van der Waals surface area (Å²) in [6.07, 6.45) is 0. The number of halogens is 3. The zero-order valence-corrected chi connectivity index (χ0v) is 12.8. The number of hydrogen-bond donors (Lipinski definition) is 0. The Morgan fingerprint density at radius 3 is 2.35 bits per heavy atom. The van der Waals surface area contributed by atoms with E-state index in [0.29, 0.717) is 26.5 Å². The Hall–Kier alpha value is -1.35. The summed E-state index contributed by atoms with van der Waals surface area (Å²) in [5.41, 5.74) is 2.40. The molecule has 1 aromatic heterocycles. The highest BCUT2D eigenvalue weighted by Crippen LogP contribution is 2.31. The summed E-state index contributed by atoms with van der Waals surface area (Å²) in [7, 11) is 0. The highest BCUT2D eigenvalue weighted by Gasteiger charge is 2.12. The molecule has 3 aromatic rings. The molecule has 2 aromatic carbocycles. The van der Waals surface area contributed by atoms with Crippen LogP contribution in [0.1, 0.15) is 5.56 Å². The van der Waals surface area contributed by atoms with Gasteiger partial charge in [-0.1, -0.05) is 53.0 Å². The van der Waals surface area contributed by atoms with Gasteiger partial charge in [0.05, 0.1) is 10.5 Å². The Bertz CT molecular complexity index is 816. The molecule has 0 radical (unpaired) electrons. The van der Waals surface area contributed by atoms with E-state index in [1.54, 1.807) is 6.07 Å². The monoisotopic (exact) mass is 322 g/mol. The van der Waals surface area contributed by atoms with E-state index in [2.05, 4.69) is 9.97 Å². The fraction of sp³-hybridized carbons (Fsp3) is 0.0667. The molecule has 0 aliphatic heterocycles. The Balaban J connectivity index is 2.33. The average molecular weight is 324 g/mol. The van der Waals surface area contributed by atoms with Crippen molar-refractivity contribution >= 4 is 45.7 Å². The maximum absolute atomic E-state index is 6.23. The Kier molecular flexibility index (Phi) is 3.55. The third kappa shape index (κ3) is 2.24. The Labute approximate surface area is 131 Å². The molecule has 3 rings (SSSR count). The highest BCUT2D eigenvalue weighted by atomic mass is 35.5. The average Bonchev–Trinajstić information content (AvgIpc) is 2.43. The third-order valence-corrected chi connectivity index (χ3v) is 4.14. The Morgan fingerprint density at radius 2 is 1.55 bits per heavy atom. The van der Waals surface area contributed by atoms with Crippen LogP contribution in [0.25, 0.3) is 22.3 Å². The van der Waals surface area contributed by atoms with Crippen LogP contribution in [0, 0.1) is 6.92 Å². The molecule has 0 spiro atoms. The number of para-hydroxylation sites is 1. The first-order valence-corrected chi connectivity index (χ1v) is 7.08. The van der Waals surface area contributed by atoms with Crippen molar-refractivity contribution in [1.29, 1.82) is 0 Å². The second-order valence-corrected chi connectivity index (χ2v) is 5.56. The number of hydrogen-bond acceptors (Lipinski definition) is 2. The first kappa shape index (κ1) is 13.6. The number of fused-ring (bicyclic) bond motifs is 1. The molecule has 20 heavy (non-hydrogen) atoms. The first-order chi connectivity index (χ1) is 9.58. The minimum Gasteiger partial charge on any atom is -0.226 e. The van der Waals surface area contributed by atoms with Crippen LogP contribution in [0.3, 0.4) is 0 Å². The van der Waals surface area contributed by atoms with Crippen molar-refractivity contribution in [2.75, 3.05) is 0 Å². The van der Waals surface area contributed by atoms with E-state index in [9.17, 15) is 0 Å². The molecule has 0 aliphatic carbocycles. The summed E-state index contributed by atoms with van der Waals surface area (Å²) in [6.45, 7) is 1.92. The van der Waals surface area contributed by atoms with Gasteiger partial charge in [-0.05, 0) is 30.7 Å². The van der Waals surface area contributed by atoms with E-state index < -0.39 is 0 Å². The normalized spacial score (nSPS) is 11.0. The van der Waals surface area contributed by atoms with Crippen LogP contribution in [-0.4, -0.2) is 9.97 Å². The molecule has 100 valence electrons. The molecule has 0 atom stereocenters. The Morgan fingerprint density at radius 1 is 0.850 bits per heavy atom. The van der Waals surface area contributed by atoms with E-state index in [0.717, 1.165) is 16.5 Å². The van der Waals surface area contributed by atoms with Gasteiger partial charge in [-0.15, -0.1) is 0 Å². The SMILES string of the molecule is Cc1c(Cl)cccc1-c1nc(Cl)c2cccc(Cl)c2n1. The van der Waals surface area contributed by atoms with Gasteiger partial charge in [0.1, 0.15) is 5.15 Å². The van der Waals surface area contributed by atoms with Crippen LogP contribution >= 0.6 is 34.8 Å². The number of nitrogens with zero attached hydrogens (tertiary/aromatic N) is 2. The molecular weight excluding hydrogens is 315 g/mol. The van der Waals surface area contributed by atoms with Crippen LogP contribution in [-0.2, 0) is 0 Å². The molecule has 0 saturated heterocycles. The van der Waals surface area contributed by atoms with E-state index in [1.807, 2.05) is 37.3 Å². The first-order valence-electron chi connectivity index (χ1n) is 5.95. The summed E-state index contributed by atoms with van der Waals surface area (Å²) in [5.74, 6) is 0.524. The second-order valence-electron chi connectivity index (χ2n) is 4.39. The molecule has 0 amide bonds. The van der Waals surface area contributed by atoms with Gasteiger partial charge in [0.2, 0.25) is 0 Å². The van der Waals surface area contributed by atoms with Gasteiger partial charge >= 0.3 is 0 Å². The van der Waals surface area contributed by atoms with E-state index in [-0.39, 0.29) is 0 Å². The fourth-order valence-electron chi connectivity index (χ4n) is 2.05. The fourth-order valence-corrected chi connectivity index (χ4v) is 2.67. The lowest BCUT2D eigenvalue weighted by atomic mass is 10.1. The van der Waals surface area contributed by atoms with Crippen LogP contribution in [0.4, 0.5) is 0 Å². The van der Waals surface area contributed by atoms with Crippen LogP contribution in [0.2, 0.25) is 15.2 Å². The standard InChI is InChI=1S/C15H9Cl3N2/c1-8-9(4-2-6-11(8)16)15-19-13-10(14(18)20-15)5-3-7-12(13)17/h2-7H,1H3. The van der Waals surface area contributed by atoms with Gasteiger partial charge in [-0.2, -0.15) is 0 Å². The van der Waals surface area contributed by atoms with Gasteiger partial charge in [-0.25, -0.2) is 9.97 Å². The van der Waals surface area contributed by atoms with Gasteiger partial charge in [0, 0.05) is 16.0 Å². The van der Waals surface area contributed by atoms with Gasteiger partial charge in [0.25, 0.3) is 0 Å². The van der Waals surface area contributed by atoms with Gasteiger partial charge in [-0.3, -0.25) is 0 Å². The highest BCUT2D eigenvalue weighted by molar-refractivity contribution is 6.38. The molecule has 1 heterocycles. The molecule has 0 saturated carbocycles. The maximum Gasteiger partial charge on any atom is 0.161 e. The predicted octanol–water partition coefficient (Wildman–Crippen LogP) is 5.57. The minimum absolute atomic E-state index is 0.381. The van der Waals surface area contributed by atoms with Crippen molar-refractivity contribution in [3.8, 4) is 11.4 Å². The molecule has 0 N–H and O–H groups in total. The van der Waals surface area contributed by atoms with Gasteiger partial charge < -0.3 is 0 Å². The molecule has 0 fully saturated rings. The van der Waals surface area contributed by atoms with Crippen molar-refractivity contribution in [2.24, 2.45) is 0 Å². The second kappa shape index (κ2) is 5.21. The summed E-state index contributed by atoms with van der Waals surface area (Å²) < 4.78 is 0. The summed E-state index contributed by atoms with van der Waals surface area (Å²) in [6, 6.07) is 11.1. The van der Waals surface area contributed by atoms with Crippen molar-refractivity contribution in [2.45, 2.75) is 6.92 Å². The van der Waals surface area contributed by atoms with E-state index in [4.69, 9.17) is 34.8 Å². The topological polar surface area (TPSA) is 25.8 Å². The van der Waals surface area contributed by atoms with E-state index >= 15 is 0 Å². The van der Waals surface area contributed by atoms with Crippen molar-refractivity contribution in [1.82, 2.24) is 9.97 Å². The van der Waals surface area contributed by atoms with Crippen molar-refractivity contribution in [3.63, 3.8) is 0 Å². The lowest BCUT2D eigenvalue weighted by molar-refractivity contribution is 1.21. The zero-order valence-electron chi connectivity index (χ0n) is 10.5. The quantitative estimate of drug-likeness (QED) is 0.547. The number of aromatic nitrogens is 2. The maximum atomic E-state index is 6.23. The summed E-state index contributed by atoms with van der Waals surface area (Å²) in [5, 5.41) is 2.34. The molecule has 0 bridgehead atoms. The predicted molar refractivity (Wildman–Crippen MR) is 84.7 cm³/mol. The molecule has 5 heteroatoms. The molecular formula is C15H9Cl3N2. The van der Waals surface area contributed by atoms with Crippen molar-refractivity contribution < 1.29 is 0 Å². The number of rotatable bonds is 1.